The molecule has 0 bridgehead atoms. The van der Waals surface area contributed by atoms with Gasteiger partial charge in [0.2, 0.25) is 5.91 Å². The number of methoxy groups -OCH3 is 1. The van der Waals surface area contributed by atoms with Gasteiger partial charge in [0.25, 0.3) is 0 Å². The molecule has 0 radical (unpaired) electrons. The molecule has 3 rings (SSSR count). The van der Waals surface area contributed by atoms with Crippen molar-refractivity contribution in [3.05, 3.63) is 12.4 Å². The Balaban J connectivity index is 1.41. The number of carbonyl (C=O) groups excluding carboxylic acids is 1. The first kappa shape index (κ1) is 16.0. The van der Waals surface area contributed by atoms with Gasteiger partial charge in [-0.25, -0.2) is 0 Å². The second-order valence-corrected chi connectivity index (χ2v) is 6.22. The predicted octanol–water partition coefficient (Wildman–Crippen LogP) is 0.997. The largest absolute Gasteiger partial charge is 0.494 e. The summed E-state index contributed by atoms with van der Waals surface area (Å²) in [5, 5.41) is 3.12. The second-order valence-electron chi connectivity index (χ2n) is 6.22. The lowest BCUT2D eigenvalue weighted by molar-refractivity contribution is -0.122. The maximum Gasteiger partial charge on any atom is 0.316 e. The van der Waals surface area contributed by atoms with Crippen molar-refractivity contribution in [2.24, 2.45) is 0 Å². The molecule has 1 amide bonds. The molecular formula is C16H24N4O3. The van der Waals surface area contributed by atoms with Gasteiger partial charge in [-0.15, -0.1) is 0 Å². The second kappa shape index (κ2) is 7.59. The topological polar surface area (TPSA) is 76.6 Å². The molecule has 1 aromatic rings. The predicted molar refractivity (Wildman–Crippen MR) is 84.5 cm³/mol. The highest BCUT2D eigenvalue weighted by Crippen LogP contribution is 2.18. The lowest BCUT2D eigenvalue weighted by Gasteiger charge is -2.18. The molecule has 1 aromatic heterocycles. The lowest BCUT2D eigenvalue weighted by Crippen LogP contribution is -2.40. The van der Waals surface area contributed by atoms with Crippen LogP contribution in [-0.4, -0.2) is 59.7 Å². The quantitative estimate of drug-likeness (QED) is 0.842. The van der Waals surface area contributed by atoms with Crippen molar-refractivity contribution in [1.29, 1.82) is 0 Å². The fourth-order valence-electron chi connectivity index (χ4n) is 3.20. The van der Waals surface area contributed by atoms with E-state index >= 15 is 0 Å². The summed E-state index contributed by atoms with van der Waals surface area (Å²) in [5.41, 5.74) is 0. The minimum atomic E-state index is 0.0303. The molecule has 1 atom stereocenters. The van der Waals surface area contributed by atoms with Crippen LogP contribution in [0.3, 0.4) is 0 Å². The van der Waals surface area contributed by atoms with Crippen molar-refractivity contribution >= 4 is 5.91 Å². The first-order valence-electron chi connectivity index (χ1n) is 8.27. The van der Waals surface area contributed by atoms with Crippen molar-refractivity contribution in [1.82, 2.24) is 20.2 Å². The van der Waals surface area contributed by atoms with Crippen LogP contribution in [0.1, 0.15) is 32.1 Å². The van der Waals surface area contributed by atoms with E-state index in [0.717, 1.165) is 32.4 Å². The average Bonchev–Trinajstić information content (AvgIpc) is 3.20. The Labute approximate surface area is 136 Å². The molecule has 2 fully saturated rings. The number of nitrogens with zero attached hydrogens (tertiary/aromatic N) is 3. The third-order valence-corrected chi connectivity index (χ3v) is 4.43. The molecule has 1 unspecified atom stereocenters. The molecule has 1 aliphatic carbocycles. The molecule has 0 aromatic carbocycles. The monoisotopic (exact) mass is 320 g/mol. The first-order valence-corrected chi connectivity index (χ1v) is 8.27. The van der Waals surface area contributed by atoms with E-state index in [1.807, 2.05) is 0 Å². The number of rotatable bonds is 6. The number of aromatic nitrogens is 2. The van der Waals surface area contributed by atoms with Gasteiger partial charge in [0.05, 0.1) is 26.0 Å². The highest BCUT2D eigenvalue weighted by atomic mass is 16.5. The van der Waals surface area contributed by atoms with Gasteiger partial charge in [0.15, 0.2) is 5.75 Å². The highest BCUT2D eigenvalue weighted by Gasteiger charge is 2.27. The van der Waals surface area contributed by atoms with Gasteiger partial charge in [-0.2, -0.15) is 9.97 Å². The summed E-state index contributed by atoms with van der Waals surface area (Å²) in [6.45, 7) is 2.03. The Morgan fingerprint density at radius 1 is 1.30 bits per heavy atom. The number of hydrogen-bond donors (Lipinski definition) is 1. The zero-order valence-corrected chi connectivity index (χ0v) is 13.5. The summed E-state index contributed by atoms with van der Waals surface area (Å²) in [7, 11) is 1.57. The molecule has 1 saturated heterocycles. The van der Waals surface area contributed by atoms with Gasteiger partial charge in [-0.3, -0.25) is 9.69 Å². The Bertz CT molecular complexity index is 517. The molecule has 1 aliphatic heterocycles. The summed E-state index contributed by atoms with van der Waals surface area (Å²) in [6, 6.07) is 0.734. The van der Waals surface area contributed by atoms with Crippen LogP contribution in [0.25, 0.3) is 0 Å². The Kier molecular flexibility index (Phi) is 5.27. The van der Waals surface area contributed by atoms with E-state index in [2.05, 4.69) is 20.2 Å². The van der Waals surface area contributed by atoms with Crippen LogP contribution in [-0.2, 0) is 4.79 Å². The van der Waals surface area contributed by atoms with Crippen molar-refractivity contribution in [2.75, 3.05) is 26.7 Å². The zero-order valence-electron chi connectivity index (χ0n) is 13.5. The van der Waals surface area contributed by atoms with Crippen LogP contribution in [0.2, 0.25) is 0 Å². The Morgan fingerprint density at radius 2 is 2.04 bits per heavy atom. The number of likely N-dealkylation sites (tertiary alicyclic amines) is 1. The van der Waals surface area contributed by atoms with Gasteiger partial charge >= 0.3 is 6.01 Å². The van der Waals surface area contributed by atoms with Crippen molar-refractivity contribution in [3.63, 3.8) is 0 Å². The van der Waals surface area contributed by atoms with Crippen LogP contribution in [0.15, 0.2) is 12.4 Å². The van der Waals surface area contributed by atoms with E-state index in [-0.39, 0.29) is 12.0 Å². The summed E-state index contributed by atoms with van der Waals surface area (Å²) in [5.74, 6) is 0.729. The molecule has 7 heteroatoms. The van der Waals surface area contributed by atoms with Crippen LogP contribution < -0.4 is 14.8 Å². The molecule has 126 valence electrons. The minimum absolute atomic E-state index is 0.0303. The maximum atomic E-state index is 12.1. The van der Waals surface area contributed by atoms with Gasteiger partial charge < -0.3 is 14.8 Å². The molecule has 2 aliphatic rings. The van der Waals surface area contributed by atoms with E-state index in [1.165, 1.54) is 12.8 Å². The summed E-state index contributed by atoms with van der Waals surface area (Å²) >= 11 is 0. The standard InChI is InChI=1S/C16H24N4O3/c1-22-14-8-17-16(18-9-14)23-13-6-7-20(10-13)11-15(21)19-12-4-2-3-5-12/h8-9,12-13H,2-7,10-11H2,1H3,(H,19,21). The van der Waals surface area contributed by atoms with Crippen molar-refractivity contribution in [3.8, 4) is 11.8 Å². The molecule has 0 spiro atoms. The van der Waals surface area contributed by atoms with Crippen LogP contribution in [0.5, 0.6) is 11.8 Å². The van der Waals surface area contributed by atoms with E-state index in [0.29, 0.717) is 24.3 Å². The number of nitrogens with one attached hydrogen (secondary N) is 1. The average molecular weight is 320 g/mol. The van der Waals surface area contributed by atoms with Gasteiger partial charge in [0.1, 0.15) is 6.10 Å². The van der Waals surface area contributed by atoms with Crippen LogP contribution in [0, 0.1) is 0 Å². The molecule has 23 heavy (non-hydrogen) atoms. The van der Waals surface area contributed by atoms with Gasteiger partial charge in [-0.1, -0.05) is 12.8 Å². The molecule has 2 heterocycles. The molecule has 7 nitrogen and oxygen atoms in total. The van der Waals surface area contributed by atoms with Crippen LogP contribution >= 0.6 is 0 Å². The fraction of sp³-hybridized carbons (Fsp3) is 0.688. The number of carbonyl (C=O) groups is 1. The normalized spacial score (nSPS) is 22.2. The van der Waals surface area contributed by atoms with E-state index in [9.17, 15) is 4.79 Å². The zero-order chi connectivity index (χ0) is 16.1. The van der Waals surface area contributed by atoms with Crippen molar-refractivity contribution < 1.29 is 14.3 Å². The van der Waals surface area contributed by atoms with Gasteiger partial charge in [-0.05, 0) is 19.3 Å². The fourth-order valence-corrected chi connectivity index (χ4v) is 3.20. The van der Waals surface area contributed by atoms with E-state index in [4.69, 9.17) is 9.47 Å². The number of amides is 1. The first-order chi connectivity index (χ1) is 11.2. The lowest BCUT2D eigenvalue weighted by atomic mass is 10.2. The van der Waals surface area contributed by atoms with Gasteiger partial charge in [0, 0.05) is 19.1 Å². The summed E-state index contributed by atoms with van der Waals surface area (Å²) in [4.78, 5) is 22.4. The highest BCUT2D eigenvalue weighted by molar-refractivity contribution is 5.78. The number of ether oxygens (including phenoxy) is 2. The maximum absolute atomic E-state index is 12.1. The third kappa shape index (κ3) is 4.54. The van der Waals surface area contributed by atoms with Crippen LogP contribution in [0.4, 0.5) is 0 Å². The molecule has 1 N–H and O–H groups in total. The number of hydrogen-bond acceptors (Lipinski definition) is 6. The van der Waals surface area contributed by atoms with Crippen molar-refractivity contribution in [2.45, 2.75) is 44.2 Å². The molecule has 1 saturated carbocycles. The Hall–Kier alpha value is -1.89. The SMILES string of the molecule is COc1cnc(OC2CCN(CC(=O)NC3CCCC3)C2)nc1. The third-order valence-electron chi connectivity index (χ3n) is 4.43. The minimum Gasteiger partial charge on any atom is -0.494 e. The summed E-state index contributed by atoms with van der Waals surface area (Å²) in [6.07, 6.45) is 8.78. The summed E-state index contributed by atoms with van der Waals surface area (Å²) < 4.78 is 10.8. The Morgan fingerprint density at radius 3 is 2.74 bits per heavy atom. The molecular weight excluding hydrogens is 296 g/mol. The van der Waals surface area contributed by atoms with E-state index < -0.39 is 0 Å². The van der Waals surface area contributed by atoms with E-state index in [1.54, 1.807) is 19.5 Å². The smallest absolute Gasteiger partial charge is 0.316 e.